The summed E-state index contributed by atoms with van der Waals surface area (Å²) >= 11 is 0. The van der Waals surface area contributed by atoms with Crippen LogP contribution in [0.5, 0.6) is 0 Å². The van der Waals surface area contributed by atoms with Crippen LogP contribution in [-0.2, 0) is 6.42 Å². The molecule has 2 N–H and O–H groups in total. The summed E-state index contributed by atoms with van der Waals surface area (Å²) in [4.78, 5) is 0. The second kappa shape index (κ2) is 10.5. The van der Waals surface area contributed by atoms with Gasteiger partial charge in [0.1, 0.15) is 0 Å². The molecule has 1 aliphatic rings. The van der Waals surface area contributed by atoms with Crippen LogP contribution < -0.4 is 5.46 Å². The standard InChI is InChI=1S/C18H30BN3O2/c1-2-3-4-5-6-7-10-16-11-12-18(17(15-16)19(23)24)20-21-22-13-8-9-14-22/h11-12,15,23-24H,2-10,13-14H2,1H3. The Hall–Kier alpha value is -1.40. The highest BCUT2D eigenvalue weighted by Crippen LogP contribution is 2.17. The minimum Gasteiger partial charge on any atom is -0.423 e. The predicted molar refractivity (Wildman–Crippen MR) is 98.7 cm³/mol. The Morgan fingerprint density at radius 2 is 1.75 bits per heavy atom. The first kappa shape index (κ1) is 18.9. The Labute approximate surface area is 145 Å². The summed E-state index contributed by atoms with van der Waals surface area (Å²) in [5.74, 6) is 0. The van der Waals surface area contributed by atoms with Crippen molar-refractivity contribution in [3.8, 4) is 0 Å². The molecule has 0 spiro atoms. The number of unbranched alkanes of at least 4 members (excludes halogenated alkanes) is 5. The van der Waals surface area contributed by atoms with Crippen LogP contribution in [0.2, 0.25) is 0 Å². The molecule has 0 aromatic heterocycles. The first-order valence-electron chi connectivity index (χ1n) is 9.36. The first-order chi connectivity index (χ1) is 11.7. The molecule has 0 bridgehead atoms. The highest BCUT2D eigenvalue weighted by molar-refractivity contribution is 6.60. The summed E-state index contributed by atoms with van der Waals surface area (Å²) in [7, 11) is -1.51. The zero-order valence-electron chi connectivity index (χ0n) is 14.8. The van der Waals surface area contributed by atoms with E-state index in [4.69, 9.17) is 0 Å². The van der Waals surface area contributed by atoms with Crippen LogP contribution >= 0.6 is 0 Å². The van der Waals surface area contributed by atoms with Crippen LogP contribution in [0.3, 0.4) is 0 Å². The fourth-order valence-electron chi connectivity index (χ4n) is 3.07. The number of hydrogen-bond acceptors (Lipinski definition) is 4. The Balaban J connectivity index is 1.90. The van der Waals surface area contributed by atoms with E-state index in [0.717, 1.165) is 44.3 Å². The van der Waals surface area contributed by atoms with Gasteiger partial charge in [0.15, 0.2) is 0 Å². The fraction of sp³-hybridized carbons (Fsp3) is 0.667. The summed E-state index contributed by atoms with van der Waals surface area (Å²) in [6, 6.07) is 5.73. The molecule has 1 aromatic carbocycles. The Bertz CT molecular complexity index is 517. The number of rotatable bonds is 10. The highest BCUT2D eigenvalue weighted by atomic mass is 16.4. The Kier molecular flexibility index (Phi) is 8.26. The van der Waals surface area contributed by atoms with Gasteiger partial charge in [0, 0.05) is 18.6 Å². The largest absolute Gasteiger partial charge is 0.490 e. The van der Waals surface area contributed by atoms with Gasteiger partial charge in [-0.3, -0.25) is 5.01 Å². The lowest BCUT2D eigenvalue weighted by Gasteiger charge is -2.10. The molecular weight excluding hydrogens is 301 g/mol. The highest BCUT2D eigenvalue weighted by Gasteiger charge is 2.17. The molecule has 24 heavy (non-hydrogen) atoms. The molecule has 0 amide bonds. The maximum Gasteiger partial charge on any atom is 0.490 e. The lowest BCUT2D eigenvalue weighted by atomic mass is 9.78. The van der Waals surface area contributed by atoms with E-state index in [2.05, 4.69) is 17.3 Å². The molecule has 5 nitrogen and oxygen atoms in total. The van der Waals surface area contributed by atoms with Gasteiger partial charge in [-0.15, -0.1) is 5.11 Å². The molecule has 0 unspecified atom stereocenters. The number of aryl methyl sites for hydroxylation is 1. The van der Waals surface area contributed by atoms with E-state index in [-0.39, 0.29) is 0 Å². The number of nitrogens with zero attached hydrogens (tertiary/aromatic N) is 3. The molecule has 0 atom stereocenters. The van der Waals surface area contributed by atoms with Gasteiger partial charge in [0.25, 0.3) is 0 Å². The zero-order chi connectivity index (χ0) is 17.2. The van der Waals surface area contributed by atoms with Gasteiger partial charge in [-0.05, 0) is 37.3 Å². The van der Waals surface area contributed by atoms with Gasteiger partial charge in [-0.25, -0.2) is 0 Å². The van der Waals surface area contributed by atoms with E-state index in [0.29, 0.717) is 11.2 Å². The summed E-state index contributed by atoms with van der Waals surface area (Å²) in [5.41, 5.74) is 2.12. The van der Waals surface area contributed by atoms with Gasteiger partial charge in [-0.1, -0.05) is 56.4 Å². The van der Waals surface area contributed by atoms with E-state index in [9.17, 15) is 10.0 Å². The van der Waals surface area contributed by atoms with E-state index in [1.807, 2.05) is 23.2 Å². The van der Waals surface area contributed by atoms with Gasteiger partial charge in [0.2, 0.25) is 0 Å². The molecule has 0 aliphatic carbocycles. The smallest absolute Gasteiger partial charge is 0.423 e. The second-order valence-corrected chi connectivity index (χ2v) is 6.63. The average molecular weight is 331 g/mol. The van der Waals surface area contributed by atoms with E-state index in [1.54, 1.807) is 0 Å². The maximum atomic E-state index is 9.63. The van der Waals surface area contributed by atoms with Gasteiger partial charge >= 0.3 is 7.12 Å². The normalized spacial score (nSPS) is 14.7. The Morgan fingerprint density at radius 1 is 1.04 bits per heavy atom. The molecular formula is C18H30BN3O2. The van der Waals surface area contributed by atoms with Gasteiger partial charge in [0.05, 0.1) is 5.69 Å². The van der Waals surface area contributed by atoms with Crippen molar-refractivity contribution in [1.29, 1.82) is 0 Å². The van der Waals surface area contributed by atoms with E-state index in [1.165, 1.54) is 32.1 Å². The first-order valence-corrected chi connectivity index (χ1v) is 9.36. The fourth-order valence-corrected chi connectivity index (χ4v) is 3.07. The van der Waals surface area contributed by atoms with Crippen molar-refractivity contribution < 1.29 is 10.0 Å². The topological polar surface area (TPSA) is 68.4 Å². The van der Waals surface area contributed by atoms with Crippen molar-refractivity contribution in [2.24, 2.45) is 10.3 Å². The lowest BCUT2D eigenvalue weighted by Crippen LogP contribution is -2.30. The molecule has 1 saturated heterocycles. The molecule has 1 aliphatic heterocycles. The van der Waals surface area contributed by atoms with Crippen LogP contribution in [0.1, 0.15) is 63.9 Å². The van der Waals surface area contributed by atoms with Crippen molar-refractivity contribution in [3.63, 3.8) is 0 Å². The third kappa shape index (κ3) is 6.25. The SMILES string of the molecule is CCCCCCCCc1ccc(N=NN2CCCC2)c(B(O)O)c1. The molecule has 0 saturated carbocycles. The molecule has 0 radical (unpaired) electrons. The summed E-state index contributed by atoms with van der Waals surface area (Å²) in [6.07, 6.45) is 10.8. The molecule has 1 aromatic rings. The van der Waals surface area contributed by atoms with Crippen LogP contribution in [0.4, 0.5) is 5.69 Å². The summed E-state index contributed by atoms with van der Waals surface area (Å²) < 4.78 is 0. The molecule has 2 rings (SSSR count). The second-order valence-electron chi connectivity index (χ2n) is 6.63. The van der Waals surface area contributed by atoms with Crippen molar-refractivity contribution in [1.82, 2.24) is 5.01 Å². The van der Waals surface area contributed by atoms with Gasteiger partial charge in [-0.2, -0.15) is 0 Å². The number of benzene rings is 1. The van der Waals surface area contributed by atoms with Crippen LogP contribution in [-0.4, -0.2) is 35.3 Å². The zero-order valence-corrected chi connectivity index (χ0v) is 14.8. The molecule has 1 heterocycles. The van der Waals surface area contributed by atoms with E-state index >= 15 is 0 Å². The van der Waals surface area contributed by atoms with Crippen LogP contribution in [0, 0.1) is 0 Å². The maximum absolute atomic E-state index is 9.63. The molecule has 1 fully saturated rings. The van der Waals surface area contributed by atoms with Gasteiger partial charge < -0.3 is 10.0 Å². The van der Waals surface area contributed by atoms with Crippen molar-refractivity contribution in [2.45, 2.75) is 64.7 Å². The monoisotopic (exact) mass is 331 g/mol. The van der Waals surface area contributed by atoms with Crippen molar-refractivity contribution in [2.75, 3.05) is 13.1 Å². The Morgan fingerprint density at radius 3 is 2.46 bits per heavy atom. The quantitative estimate of drug-likeness (QED) is 0.392. The average Bonchev–Trinajstić information content (AvgIpc) is 3.10. The summed E-state index contributed by atoms with van der Waals surface area (Å²) in [6.45, 7) is 4.08. The van der Waals surface area contributed by atoms with Crippen molar-refractivity contribution >= 4 is 18.3 Å². The minimum absolute atomic E-state index is 0.446. The van der Waals surface area contributed by atoms with Crippen LogP contribution in [0.15, 0.2) is 28.5 Å². The third-order valence-corrected chi connectivity index (χ3v) is 4.55. The molecule has 6 heteroatoms. The lowest BCUT2D eigenvalue weighted by molar-refractivity contribution is 0.336. The predicted octanol–water partition coefficient (Wildman–Crippen LogP) is 3.36. The minimum atomic E-state index is -1.51. The summed E-state index contributed by atoms with van der Waals surface area (Å²) in [5, 5.41) is 29.6. The van der Waals surface area contributed by atoms with Crippen LogP contribution in [0.25, 0.3) is 0 Å². The third-order valence-electron chi connectivity index (χ3n) is 4.55. The van der Waals surface area contributed by atoms with E-state index < -0.39 is 7.12 Å². The van der Waals surface area contributed by atoms with Crippen molar-refractivity contribution in [3.05, 3.63) is 23.8 Å². The molecule has 132 valence electrons. The number of hydrogen-bond donors (Lipinski definition) is 2.